The van der Waals surface area contributed by atoms with E-state index in [0.717, 1.165) is 5.56 Å². The molecule has 1 unspecified atom stereocenters. The summed E-state index contributed by atoms with van der Waals surface area (Å²) in [4.78, 5) is 35.7. The molecule has 0 N–H and O–H groups in total. The number of hydrogen-bond donors (Lipinski definition) is 0. The standard InChI is InChI=1S/C16H19NO4/c1-15(2)14(20)17(4)10-16(3,21-15)13-6-5-11(8-18)12(7-13)9-19/h5-9H,10H2,1-4H3. The summed E-state index contributed by atoms with van der Waals surface area (Å²) >= 11 is 0. The average Bonchev–Trinajstić information content (AvgIpc) is 2.43. The van der Waals surface area contributed by atoms with Crippen LogP contribution in [-0.2, 0) is 15.1 Å². The van der Waals surface area contributed by atoms with Crippen molar-refractivity contribution in [3.63, 3.8) is 0 Å². The van der Waals surface area contributed by atoms with Gasteiger partial charge in [-0.3, -0.25) is 14.4 Å². The van der Waals surface area contributed by atoms with Crippen molar-refractivity contribution in [1.29, 1.82) is 0 Å². The van der Waals surface area contributed by atoms with Gasteiger partial charge in [0, 0.05) is 18.2 Å². The smallest absolute Gasteiger partial charge is 0.254 e. The van der Waals surface area contributed by atoms with E-state index >= 15 is 0 Å². The van der Waals surface area contributed by atoms with Crippen molar-refractivity contribution in [3.05, 3.63) is 34.9 Å². The highest BCUT2D eigenvalue weighted by Crippen LogP contribution is 2.36. The zero-order chi connectivity index (χ0) is 15.8. The van der Waals surface area contributed by atoms with Crippen molar-refractivity contribution in [2.45, 2.75) is 32.0 Å². The van der Waals surface area contributed by atoms with Gasteiger partial charge in [-0.05, 0) is 32.4 Å². The molecule has 1 heterocycles. The van der Waals surface area contributed by atoms with Crippen LogP contribution in [0.25, 0.3) is 0 Å². The lowest BCUT2D eigenvalue weighted by Gasteiger charge is -2.46. The number of benzene rings is 1. The van der Waals surface area contributed by atoms with Crippen LogP contribution < -0.4 is 0 Å². The van der Waals surface area contributed by atoms with Gasteiger partial charge in [0.1, 0.15) is 11.2 Å². The van der Waals surface area contributed by atoms with Gasteiger partial charge in [0.2, 0.25) is 0 Å². The molecule has 112 valence electrons. The number of aldehydes is 2. The van der Waals surface area contributed by atoms with E-state index in [-0.39, 0.29) is 5.91 Å². The van der Waals surface area contributed by atoms with Gasteiger partial charge in [-0.15, -0.1) is 0 Å². The first-order chi connectivity index (χ1) is 9.73. The van der Waals surface area contributed by atoms with Crippen molar-refractivity contribution in [1.82, 2.24) is 4.90 Å². The van der Waals surface area contributed by atoms with Crippen LogP contribution in [0.15, 0.2) is 18.2 Å². The Morgan fingerprint density at radius 3 is 2.29 bits per heavy atom. The molecule has 1 atom stereocenters. The number of morpholine rings is 1. The minimum atomic E-state index is -0.938. The maximum atomic E-state index is 12.1. The Kier molecular flexibility index (Phi) is 3.72. The van der Waals surface area contributed by atoms with Crippen LogP contribution in [0, 0.1) is 0 Å². The zero-order valence-corrected chi connectivity index (χ0v) is 12.7. The Labute approximate surface area is 123 Å². The highest BCUT2D eigenvalue weighted by atomic mass is 16.5. The molecular weight excluding hydrogens is 270 g/mol. The fourth-order valence-corrected chi connectivity index (χ4v) is 2.89. The molecule has 1 fully saturated rings. The second-order valence-corrected chi connectivity index (χ2v) is 6.08. The lowest BCUT2D eigenvalue weighted by Crippen LogP contribution is -2.59. The van der Waals surface area contributed by atoms with Crippen molar-refractivity contribution < 1.29 is 19.1 Å². The van der Waals surface area contributed by atoms with Gasteiger partial charge in [0.25, 0.3) is 5.91 Å². The third-order valence-corrected chi connectivity index (χ3v) is 3.83. The first-order valence-corrected chi connectivity index (χ1v) is 6.74. The Bertz CT molecular complexity index is 608. The molecule has 0 radical (unpaired) electrons. The molecule has 0 bridgehead atoms. The quantitative estimate of drug-likeness (QED) is 0.796. The van der Waals surface area contributed by atoms with Gasteiger partial charge < -0.3 is 9.64 Å². The molecule has 0 saturated carbocycles. The summed E-state index contributed by atoms with van der Waals surface area (Å²) in [6.07, 6.45) is 1.30. The van der Waals surface area contributed by atoms with Gasteiger partial charge >= 0.3 is 0 Å². The molecule has 5 nitrogen and oxygen atoms in total. The Balaban J connectivity index is 2.47. The molecule has 0 spiro atoms. The Morgan fingerprint density at radius 1 is 1.14 bits per heavy atom. The predicted molar refractivity (Wildman–Crippen MR) is 77.4 cm³/mol. The minimum Gasteiger partial charge on any atom is -0.353 e. The summed E-state index contributed by atoms with van der Waals surface area (Å²) in [6, 6.07) is 5.01. The van der Waals surface area contributed by atoms with E-state index in [0.29, 0.717) is 30.2 Å². The van der Waals surface area contributed by atoms with Gasteiger partial charge in [-0.1, -0.05) is 12.1 Å². The summed E-state index contributed by atoms with van der Waals surface area (Å²) in [7, 11) is 1.73. The summed E-state index contributed by atoms with van der Waals surface area (Å²) in [5.74, 6) is -0.0832. The molecule has 1 aliphatic rings. The fourth-order valence-electron chi connectivity index (χ4n) is 2.89. The van der Waals surface area contributed by atoms with E-state index in [1.54, 1.807) is 44.0 Å². The van der Waals surface area contributed by atoms with Crippen molar-refractivity contribution in [2.75, 3.05) is 13.6 Å². The molecule has 21 heavy (non-hydrogen) atoms. The number of amides is 1. The van der Waals surface area contributed by atoms with Crippen molar-refractivity contribution in [2.24, 2.45) is 0 Å². The second kappa shape index (κ2) is 5.07. The van der Waals surface area contributed by atoms with Crippen LogP contribution in [0.3, 0.4) is 0 Å². The third-order valence-electron chi connectivity index (χ3n) is 3.83. The zero-order valence-electron chi connectivity index (χ0n) is 12.7. The highest BCUT2D eigenvalue weighted by Gasteiger charge is 2.46. The molecule has 1 aliphatic heterocycles. The Hall–Kier alpha value is -2.01. The number of ether oxygens (including phenoxy) is 1. The first-order valence-electron chi connectivity index (χ1n) is 6.74. The maximum absolute atomic E-state index is 12.1. The third kappa shape index (κ3) is 2.61. The highest BCUT2D eigenvalue weighted by molar-refractivity contribution is 5.90. The van der Waals surface area contributed by atoms with Crippen LogP contribution in [0.4, 0.5) is 0 Å². The van der Waals surface area contributed by atoms with Crippen LogP contribution in [-0.4, -0.2) is 42.6 Å². The fraction of sp³-hybridized carbons (Fsp3) is 0.438. The number of hydrogen-bond acceptors (Lipinski definition) is 4. The molecule has 0 aliphatic carbocycles. The summed E-state index contributed by atoms with van der Waals surface area (Å²) in [6.45, 7) is 5.71. The number of nitrogens with zero attached hydrogens (tertiary/aromatic N) is 1. The number of rotatable bonds is 3. The van der Waals surface area contributed by atoms with E-state index in [2.05, 4.69) is 0 Å². The summed E-state index contributed by atoms with van der Waals surface area (Å²) < 4.78 is 6.01. The first kappa shape index (κ1) is 15.4. The van der Waals surface area contributed by atoms with Gasteiger partial charge in [0.15, 0.2) is 12.6 Å². The van der Waals surface area contributed by atoms with Crippen LogP contribution in [0.5, 0.6) is 0 Å². The average molecular weight is 289 g/mol. The molecule has 5 heteroatoms. The lowest BCUT2D eigenvalue weighted by atomic mass is 9.88. The van der Waals surface area contributed by atoms with E-state index in [1.807, 2.05) is 6.92 Å². The molecule has 1 aromatic rings. The van der Waals surface area contributed by atoms with E-state index in [9.17, 15) is 14.4 Å². The largest absolute Gasteiger partial charge is 0.353 e. The van der Waals surface area contributed by atoms with Crippen LogP contribution >= 0.6 is 0 Å². The Morgan fingerprint density at radius 2 is 1.76 bits per heavy atom. The molecule has 1 saturated heterocycles. The molecule has 2 rings (SSSR count). The van der Waals surface area contributed by atoms with E-state index in [4.69, 9.17) is 4.74 Å². The number of carbonyl (C=O) groups excluding carboxylic acids is 3. The summed E-state index contributed by atoms with van der Waals surface area (Å²) in [5, 5.41) is 0. The lowest BCUT2D eigenvalue weighted by molar-refractivity contribution is -0.202. The number of likely N-dealkylation sites (N-methyl/N-ethyl adjacent to an activating group) is 1. The molecular formula is C16H19NO4. The van der Waals surface area contributed by atoms with Gasteiger partial charge in [-0.25, -0.2) is 0 Å². The maximum Gasteiger partial charge on any atom is 0.254 e. The normalized spacial score (nSPS) is 24.8. The van der Waals surface area contributed by atoms with Crippen LogP contribution in [0.1, 0.15) is 47.1 Å². The molecule has 1 amide bonds. The second-order valence-electron chi connectivity index (χ2n) is 6.08. The molecule has 0 aromatic heterocycles. The SMILES string of the molecule is CN1CC(C)(c2ccc(C=O)c(C=O)c2)OC(C)(C)C1=O. The molecule has 1 aromatic carbocycles. The van der Waals surface area contributed by atoms with Gasteiger partial charge in [-0.2, -0.15) is 0 Å². The van der Waals surface area contributed by atoms with E-state index in [1.165, 1.54) is 0 Å². The topological polar surface area (TPSA) is 63.7 Å². The van der Waals surface area contributed by atoms with Crippen LogP contribution in [0.2, 0.25) is 0 Å². The predicted octanol–water partition coefficient (Wildman–Crippen LogP) is 1.79. The number of carbonyl (C=O) groups is 3. The minimum absolute atomic E-state index is 0.0832. The van der Waals surface area contributed by atoms with Crippen molar-refractivity contribution in [3.8, 4) is 0 Å². The van der Waals surface area contributed by atoms with E-state index < -0.39 is 11.2 Å². The van der Waals surface area contributed by atoms with Crippen molar-refractivity contribution >= 4 is 18.5 Å². The monoisotopic (exact) mass is 289 g/mol. The summed E-state index contributed by atoms with van der Waals surface area (Å²) in [5.41, 5.74) is -0.234. The van der Waals surface area contributed by atoms with Gasteiger partial charge in [0.05, 0.1) is 6.54 Å².